The summed E-state index contributed by atoms with van der Waals surface area (Å²) in [4.78, 5) is 15.4. The Morgan fingerprint density at radius 1 is 1.12 bits per heavy atom. The van der Waals surface area contributed by atoms with E-state index in [4.69, 9.17) is 0 Å². The molecule has 0 bridgehead atoms. The van der Waals surface area contributed by atoms with Crippen molar-refractivity contribution in [1.29, 1.82) is 0 Å². The van der Waals surface area contributed by atoms with Crippen LogP contribution in [0.5, 0.6) is 0 Å². The molecule has 3 aromatic heterocycles. The first kappa shape index (κ1) is 21.6. The minimum atomic E-state index is -1.70. The molecule has 0 spiro atoms. The minimum absolute atomic E-state index is 0.0408. The molecule has 1 unspecified atom stereocenters. The molecule has 1 aliphatic rings. The molecular weight excluding hydrogens is 494 g/mol. The smallest absolute Gasteiger partial charge is 0.156 e. The Kier molecular flexibility index (Phi) is 5.41. The van der Waals surface area contributed by atoms with E-state index in [0.717, 1.165) is 40.1 Å². The second-order valence-corrected chi connectivity index (χ2v) is 8.90. The number of nitrogens with zero attached hydrogens (tertiary/aromatic N) is 6. The highest BCUT2D eigenvalue weighted by molar-refractivity contribution is 9.10. The van der Waals surface area contributed by atoms with E-state index in [-0.39, 0.29) is 5.56 Å². The molecule has 1 atom stereocenters. The first-order chi connectivity index (χ1) is 15.8. The zero-order chi connectivity index (χ0) is 23.2. The largest absolute Gasteiger partial charge is 0.380 e. The number of aliphatic hydroxyl groups is 1. The average molecular weight is 513 g/mol. The van der Waals surface area contributed by atoms with Crippen LogP contribution in [0.15, 0.2) is 59.7 Å². The molecule has 4 heterocycles. The van der Waals surface area contributed by atoms with E-state index < -0.39 is 17.2 Å². The predicted octanol–water partition coefficient (Wildman–Crippen LogP) is 4.11. The fourth-order valence-corrected chi connectivity index (χ4v) is 4.39. The molecule has 33 heavy (non-hydrogen) atoms. The van der Waals surface area contributed by atoms with Gasteiger partial charge in [-0.3, -0.25) is 0 Å². The summed E-state index contributed by atoms with van der Waals surface area (Å²) < 4.78 is 30.2. The summed E-state index contributed by atoms with van der Waals surface area (Å²) in [5.41, 5.74) is 0.472. The molecule has 10 heteroatoms. The fraction of sp³-hybridized carbons (Fsp3) is 0.217. The SMILES string of the molecule is CC(O)(c1cnc(C2=CCN(c3ncnn4cc(Br)cc34)CC2)nc1)c1ccc(F)cc1F. The van der Waals surface area contributed by atoms with Gasteiger partial charge in [0.05, 0.1) is 0 Å². The molecule has 0 saturated heterocycles. The summed E-state index contributed by atoms with van der Waals surface area (Å²) in [6, 6.07) is 5.06. The van der Waals surface area contributed by atoms with Crippen molar-refractivity contribution in [3.63, 3.8) is 0 Å². The standard InChI is InChI=1S/C23H19BrF2N6O/c1-23(33,18-3-2-17(25)9-19(18)26)15-10-27-21(28-11-15)14-4-6-31(7-5-14)22-20-8-16(24)12-32(20)30-13-29-22/h2-4,8-13,33H,5-7H2,1H3. The van der Waals surface area contributed by atoms with Crippen LogP contribution in [0.25, 0.3) is 11.1 Å². The monoisotopic (exact) mass is 512 g/mol. The Hall–Kier alpha value is -3.24. The third-order valence-corrected chi connectivity index (χ3v) is 6.25. The second-order valence-electron chi connectivity index (χ2n) is 7.99. The zero-order valence-corrected chi connectivity index (χ0v) is 19.2. The average Bonchev–Trinajstić information content (AvgIpc) is 3.19. The van der Waals surface area contributed by atoms with E-state index in [0.29, 0.717) is 24.4 Å². The first-order valence-electron chi connectivity index (χ1n) is 10.3. The minimum Gasteiger partial charge on any atom is -0.380 e. The lowest BCUT2D eigenvalue weighted by atomic mass is 9.89. The van der Waals surface area contributed by atoms with Crippen molar-refractivity contribution in [2.24, 2.45) is 0 Å². The lowest BCUT2D eigenvalue weighted by Gasteiger charge is -2.27. The van der Waals surface area contributed by atoms with E-state index in [1.165, 1.54) is 31.7 Å². The van der Waals surface area contributed by atoms with Crippen molar-refractivity contribution in [1.82, 2.24) is 24.6 Å². The van der Waals surface area contributed by atoms with Crippen LogP contribution in [0.4, 0.5) is 14.6 Å². The van der Waals surface area contributed by atoms with E-state index in [2.05, 4.69) is 40.9 Å². The van der Waals surface area contributed by atoms with Crippen LogP contribution in [0.2, 0.25) is 0 Å². The number of benzene rings is 1. The summed E-state index contributed by atoms with van der Waals surface area (Å²) in [6.45, 7) is 2.79. The van der Waals surface area contributed by atoms with Gasteiger partial charge in [-0.25, -0.2) is 28.2 Å². The normalized spacial score (nSPS) is 16.0. The Morgan fingerprint density at radius 2 is 1.91 bits per heavy atom. The van der Waals surface area contributed by atoms with Gasteiger partial charge in [-0.05, 0) is 53.0 Å². The van der Waals surface area contributed by atoms with Gasteiger partial charge in [0.1, 0.15) is 29.1 Å². The molecule has 1 aliphatic heterocycles. The summed E-state index contributed by atoms with van der Waals surface area (Å²) in [7, 11) is 0. The van der Waals surface area contributed by atoms with Gasteiger partial charge < -0.3 is 10.0 Å². The number of hydrogen-bond acceptors (Lipinski definition) is 6. The van der Waals surface area contributed by atoms with Crippen molar-refractivity contribution in [3.8, 4) is 0 Å². The fourth-order valence-electron chi connectivity index (χ4n) is 3.98. The van der Waals surface area contributed by atoms with Crippen LogP contribution in [-0.2, 0) is 5.60 Å². The van der Waals surface area contributed by atoms with Crippen molar-refractivity contribution in [2.45, 2.75) is 18.9 Å². The molecule has 5 rings (SSSR count). The molecule has 168 valence electrons. The molecule has 7 nitrogen and oxygen atoms in total. The summed E-state index contributed by atoms with van der Waals surface area (Å²) >= 11 is 3.47. The van der Waals surface area contributed by atoms with Crippen molar-refractivity contribution < 1.29 is 13.9 Å². The maximum Gasteiger partial charge on any atom is 0.156 e. The third-order valence-electron chi connectivity index (χ3n) is 5.82. The molecule has 0 saturated carbocycles. The van der Waals surface area contributed by atoms with Gasteiger partial charge in [-0.15, -0.1) is 0 Å². The van der Waals surface area contributed by atoms with E-state index in [1.807, 2.05) is 18.3 Å². The molecule has 1 aromatic carbocycles. The van der Waals surface area contributed by atoms with Crippen molar-refractivity contribution in [2.75, 3.05) is 18.0 Å². The van der Waals surface area contributed by atoms with Gasteiger partial charge in [0.2, 0.25) is 0 Å². The Bertz CT molecular complexity index is 1370. The molecular formula is C23H19BrF2N6O. The highest BCUT2D eigenvalue weighted by Gasteiger charge is 2.30. The predicted molar refractivity (Wildman–Crippen MR) is 123 cm³/mol. The molecule has 4 aromatic rings. The third kappa shape index (κ3) is 4.00. The Balaban J connectivity index is 1.36. The number of anilines is 1. The molecule has 0 aliphatic carbocycles. The van der Waals surface area contributed by atoms with Gasteiger partial charge in [0, 0.05) is 53.3 Å². The molecule has 0 radical (unpaired) electrons. The van der Waals surface area contributed by atoms with Crippen LogP contribution in [0.1, 0.15) is 30.3 Å². The summed E-state index contributed by atoms with van der Waals surface area (Å²) in [6.07, 6.45) is 9.13. The second kappa shape index (κ2) is 8.27. The molecule has 1 N–H and O–H groups in total. The summed E-state index contributed by atoms with van der Waals surface area (Å²) in [5.74, 6) is -0.135. The lowest BCUT2D eigenvalue weighted by molar-refractivity contribution is 0.0970. The lowest BCUT2D eigenvalue weighted by Crippen LogP contribution is -2.30. The highest BCUT2D eigenvalue weighted by Crippen LogP contribution is 2.32. The summed E-state index contributed by atoms with van der Waals surface area (Å²) in [5, 5.41) is 15.1. The van der Waals surface area contributed by atoms with E-state index in [1.54, 1.807) is 4.52 Å². The maximum absolute atomic E-state index is 14.2. The number of aromatic nitrogens is 5. The van der Waals surface area contributed by atoms with E-state index >= 15 is 0 Å². The van der Waals surface area contributed by atoms with Crippen LogP contribution in [0, 0.1) is 11.6 Å². The first-order valence-corrected chi connectivity index (χ1v) is 11.1. The molecule has 0 amide bonds. The maximum atomic E-state index is 14.2. The molecule has 0 fully saturated rings. The van der Waals surface area contributed by atoms with Crippen LogP contribution in [0.3, 0.4) is 0 Å². The Labute approximate surface area is 196 Å². The number of hydrogen-bond donors (Lipinski definition) is 1. The number of fused-ring (bicyclic) bond motifs is 1. The number of halogens is 3. The van der Waals surface area contributed by atoms with Gasteiger partial charge >= 0.3 is 0 Å². The zero-order valence-electron chi connectivity index (χ0n) is 17.6. The van der Waals surface area contributed by atoms with Gasteiger partial charge in [0.25, 0.3) is 0 Å². The van der Waals surface area contributed by atoms with Gasteiger partial charge in [0.15, 0.2) is 11.6 Å². The Morgan fingerprint density at radius 3 is 2.61 bits per heavy atom. The van der Waals surface area contributed by atoms with Gasteiger partial charge in [-0.1, -0.05) is 6.08 Å². The van der Waals surface area contributed by atoms with Crippen molar-refractivity contribution >= 4 is 32.8 Å². The van der Waals surface area contributed by atoms with E-state index in [9.17, 15) is 13.9 Å². The van der Waals surface area contributed by atoms with Crippen LogP contribution < -0.4 is 4.90 Å². The quantitative estimate of drug-likeness (QED) is 0.443. The van der Waals surface area contributed by atoms with Crippen LogP contribution >= 0.6 is 15.9 Å². The van der Waals surface area contributed by atoms with Crippen molar-refractivity contribution in [3.05, 3.63) is 88.3 Å². The number of rotatable bonds is 4. The van der Waals surface area contributed by atoms with Crippen LogP contribution in [-0.4, -0.2) is 42.8 Å². The highest BCUT2D eigenvalue weighted by atomic mass is 79.9. The van der Waals surface area contributed by atoms with Gasteiger partial charge in [-0.2, -0.15) is 5.10 Å². The topological polar surface area (TPSA) is 79.4 Å².